The van der Waals surface area contributed by atoms with Crippen LogP contribution in [-0.2, 0) is 0 Å². The van der Waals surface area contributed by atoms with Crippen LogP contribution in [0.1, 0.15) is 47.3 Å². The van der Waals surface area contributed by atoms with E-state index >= 15 is 0 Å². The number of hydrogen-bond acceptors (Lipinski definition) is 3. The summed E-state index contributed by atoms with van der Waals surface area (Å²) in [6.45, 7) is 1.62. The van der Waals surface area contributed by atoms with E-state index in [4.69, 9.17) is 5.73 Å². The fraction of sp³-hybridized carbons (Fsp3) is 0.316. The molecule has 0 spiro atoms. The second-order valence-electron chi connectivity index (χ2n) is 6.04. The van der Waals surface area contributed by atoms with Gasteiger partial charge in [0.25, 0.3) is 5.91 Å². The number of nitrogens with two attached hydrogens (primary N) is 1. The fourth-order valence-electron chi connectivity index (χ4n) is 2.34. The SMILES string of the molecule is CC(C)c1ccc(C(N)CNC(=O)c2ccc(OC(F)F)cc2)cc1. The predicted molar refractivity (Wildman–Crippen MR) is 92.9 cm³/mol. The van der Waals surface area contributed by atoms with E-state index in [-0.39, 0.29) is 24.2 Å². The molecule has 134 valence electrons. The van der Waals surface area contributed by atoms with E-state index in [0.717, 1.165) is 5.56 Å². The maximum absolute atomic E-state index is 12.1. The predicted octanol–water partition coefficient (Wildman–Crippen LogP) is 3.84. The van der Waals surface area contributed by atoms with E-state index in [1.54, 1.807) is 0 Å². The van der Waals surface area contributed by atoms with Gasteiger partial charge >= 0.3 is 6.61 Å². The zero-order valence-corrected chi connectivity index (χ0v) is 14.2. The second kappa shape index (κ2) is 8.58. The van der Waals surface area contributed by atoms with Gasteiger partial charge in [0.05, 0.1) is 0 Å². The molecule has 25 heavy (non-hydrogen) atoms. The zero-order chi connectivity index (χ0) is 18.4. The van der Waals surface area contributed by atoms with Crippen LogP contribution in [0.3, 0.4) is 0 Å². The number of benzene rings is 2. The van der Waals surface area contributed by atoms with Crippen molar-refractivity contribution in [2.45, 2.75) is 32.4 Å². The van der Waals surface area contributed by atoms with Gasteiger partial charge in [-0.15, -0.1) is 0 Å². The zero-order valence-electron chi connectivity index (χ0n) is 14.2. The van der Waals surface area contributed by atoms with Crippen molar-refractivity contribution in [1.82, 2.24) is 5.32 Å². The molecule has 2 aromatic carbocycles. The highest BCUT2D eigenvalue weighted by molar-refractivity contribution is 5.94. The van der Waals surface area contributed by atoms with Gasteiger partial charge in [-0.05, 0) is 41.3 Å². The van der Waals surface area contributed by atoms with Crippen molar-refractivity contribution in [2.24, 2.45) is 5.73 Å². The molecule has 4 nitrogen and oxygen atoms in total. The number of nitrogens with one attached hydrogen (secondary N) is 1. The Morgan fingerprint density at radius 1 is 1.04 bits per heavy atom. The molecule has 0 heterocycles. The number of carbonyl (C=O) groups excluding carboxylic acids is 1. The second-order valence-corrected chi connectivity index (χ2v) is 6.04. The molecule has 1 amide bonds. The Morgan fingerprint density at radius 2 is 1.60 bits per heavy atom. The first-order chi connectivity index (χ1) is 11.9. The van der Waals surface area contributed by atoms with Gasteiger partial charge in [0.1, 0.15) is 5.75 Å². The number of hydrogen-bond donors (Lipinski definition) is 2. The van der Waals surface area contributed by atoms with Crippen molar-refractivity contribution in [1.29, 1.82) is 0 Å². The Balaban J connectivity index is 1.90. The van der Waals surface area contributed by atoms with Crippen LogP contribution in [0.4, 0.5) is 8.78 Å². The summed E-state index contributed by atoms with van der Waals surface area (Å²) < 4.78 is 28.5. The number of ether oxygens (including phenoxy) is 1. The lowest BCUT2D eigenvalue weighted by atomic mass is 9.99. The summed E-state index contributed by atoms with van der Waals surface area (Å²) in [5.74, 6) is 0.133. The minimum atomic E-state index is -2.89. The van der Waals surface area contributed by atoms with Crippen molar-refractivity contribution in [3.63, 3.8) is 0 Å². The fourth-order valence-corrected chi connectivity index (χ4v) is 2.34. The highest BCUT2D eigenvalue weighted by atomic mass is 19.3. The molecule has 0 bridgehead atoms. The molecule has 0 saturated carbocycles. The third-order valence-corrected chi connectivity index (χ3v) is 3.86. The molecule has 1 atom stereocenters. The van der Waals surface area contributed by atoms with Gasteiger partial charge in [-0.2, -0.15) is 8.78 Å². The monoisotopic (exact) mass is 348 g/mol. The molecular weight excluding hydrogens is 326 g/mol. The first-order valence-corrected chi connectivity index (χ1v) is 8.05. The van der Waals surface area contributed by atoms with Gasteiger partial charge in [-0.1, -0.05) is 38.1 Å². The maximum Gasteiger partial charge on any atom is 0.387 e. The highest BCUT2D eigenvalue weighted by Crippen LogP contribution is 2.18. The average Bonchev–Trinajstić information content (AvgIpc) is 2.59. The molecule has 0 saturated heterocycles. The molecule has 2 aromatic rings. The number of carbonyl (C=O) groups is 1. The summed E-state index contributed by atoms with van der Waals surface area (Å²) in [6.07, 6.45) is 0. The Hall–Kier alpha value is -2.47. The molecule has 2 rings (SSSR count). The van der Waals surface area contributed by atoms with Gasteiger partial charge in [-0.3, -0.25) is 4.79 Å². The number of rotatable bonds is 7. The lowest BCUT2D eigenvalue weighted by Crippen LogP contribution is -2.31. The largest absolute Gasteiger partial charge is 0.435 e. The summed E-state index contributed by atoms with van der Waals surface area (Å²) in [5.41, 5.74) is 8.62. The van der Waals surface area contributed by atoms with Crippen LogP contribution in [0.25, 0.3) is 0 Å². The Bertz CT molecular complexity index is 686. The van der Waals surface area contributed by atoms with Gasteiger partial charge in [0.15, 0.2) is 0 Å². The molecule has 0 aliphatic rings. The van der Waals surface area contributed by atoms with Crippen LogP contribution in [0.2, 0.25) is 0 Å². The number of alkyl halides is 2. The molecule has 3 N–H and O–H groups in total. The first kappa shape index (κ1) is 18.9. The number of halogens is 2. The number of amides is 1. The van der Waals surface area contributed by atoms with Gasteiger partial charge in [0.2, 0.25) is 0 Å². The lowest BCUT2D eigenvalue weighted by molar-refractivity contribution is -0.0498. The maximum atomic E-state index is 12.1. The van der Waals surface area contributed by atoms with E-state index in [1.165, 1.54) is 29.8 Å². The third-order valence-electron chi connectivity index (χ3n) is 3.86. The minimum absolute atomic E-state index is 0.00786. The van der Waals surface area contributed by atoms with Crippen LogP contribution < -0.4 is 15.8 Å². The van der Waals surface area contributed by atoms with Crippen LogP contribution in [0.5, 0.6) is 5.75 Å². The standard InChI is InChI=1S/C19H22F2N2O2/c1-12(2)13-3-5-14(6-4-13)17(22)11-23-18(24)15-7-9-16(10-8-15)25-19(20)21/h3-10,12,17,19H,11,22H2,1-2H3,(H,23,24). The smallest absolute Gasteiger partial charge is 0.387 e. The molecule has 6 heteroatoms. The molecular formula is C19H22F2N2O2. The Kier molecular flexibility index (Phi) is 6.47. The van der Waals surface area contributed by atoms with E-state index < -0.39 is 6.61 Å². The van der Waals surface area contributed by atoms with Crippen LogP contribution in [0, 0.1) is 0 Å². The van der Waals surface area contributed by atoms with Crippen LogP contribution in [0.15, 0.2) is 48.5 Å². The molecule has 1 unspecified atom stereocenters. The molecule has 0 aliphatic heterocycles. The topological polar surface area (TPSA) is 64.3 Å². The van der Waals surface area contributed by atoms with Crippen molar-refractivity contribution in [3.05, 3.63) is 65.2 Å². The molecule has 0 aromatic heterocycles. The third kappa shape index (κ3) is 5.53. The van der Waals surface area contributed by atoms with Crippen molar-refractivity contribution in [2.75, 3.05) is 6.54 Å². The van der Waals surface area contributed by atoms with E-state index in [1.807, 2.05) is 24.3 Å². The summed E-state index contributed by atoms with van der Waals surface area (Å²) >= 11 is 0. The summed E-state index contributed by atoms with van der Waals surface area (Å²) in [5, 5.41) is 2.74. The van der Waals surface area contributed by atoms with Gasteiger partial charge in [-0.25, -0.2) is 0 Å². The molecule has 0 aliphatic carbocycles. The molecule has 0 fully saturated rings. The normalized spacial score (nSPS) is 12.3. The summed E-state index contributed by atoms with van der Waals surface area (Å²) in [4.78, 5) is 12.1. The minimum Gasteiger partial charge on any atom is -0.435 e. The van der Waals surface area contributed by atoms with E-state index in [2.05, 4.69) is 23.9 Å². The highest BCUT2D eigenvalue weighted by Gasteiger charge is 2.11. The first-order valence-electron chi connectivity index (χ1n) is 8.05. The van der Waals surface area contributed by atoms with Gasteiger partial charge in [0, 0.05) is 18.2 Å². The van der Waals surface area contributed by atoms with E-state index in [9.17, 15) is 13.6 Å². The summed E-state index contributed by atoms with van der Waals surface area (Å²) in [7, 11) is 0. The average molecular weight is 348 g/mol. The van der Waals surface area contributed by atoms with Gasteiger partial charge < -0.3 is 15.8 Å². The quantitative estimate of drug-likeness (QED) is 0.799. The van der Waals surface area contributed by atoms with Crippen LogP contribution >= 0.6 is 0 Å². The van der Waals surface area contributed by atoms with Crippen LogP contribution in [-0.4, -0.2) is 19.1 Å². The van der Waals surface area contributed by atoms with Crippen molar-refractivity contribution >= 4 is 5.91 Å². The van der Waals surface area contributed by atoms with Crippen molar-refractivity contribution < 1.29 is 18.3 Å². The Labute approximate surface area is 146 Å². The molecule has 0 radical (unpaired) electrons. The van der Waals surface area contributed by atoms with Crippen molar-refractivity contribution in [3.8, 4) is 5.75 Å². The van der Waals surface area contributed by atoms with E-state index in [0.29, 0.717) is 11.5 Å². The Morgan fingerprint density at radius 3 is 2.12 bits per heavy atom. The lowest BCUT2D eigenvalue weighted by Gasteiger charge is -2.15. The summed E-state index contributed by atoms with van der Waals surface area (Å²) in [6, 6.07) is 13.2.